The van der Waals surface area contributed by atoms with E-state index in [1.807, 2.05) is 12.4 Å². The zero-order valence-electron chi connectivity index (χ0n) is 15.6. The van der Waals surface area contributed by atoms with Gasteiger partial charge in [0.1, 0.15) is 5.82 Å². The lowest BCUT2D eigenvalue weighted by Crippen LogP contribution is -2.52. The van der Waals surface area contributed by atoms with Gasteiger partial charge in [0, 0.05) is 31.5 Å². The van der Waals surface area contributed by atoms with E-state index in [1.165, 1.54) is 58.3 Å². The van der Waals surface area contributed by atoms with E-state index >= 15 is 0 Å². The van der Waals surface area contributed by atoms with Crippen molar-refractivity contribution in [2.24, 2.45) is 5.41 Å². The average molecular weight is 351 g/mol. The molecule has 2 saturated heterocycles. The maximum absolute atomic E-state index is 4.40. The van der Waals surface area contributed by atoms with Crippen LogP contribution in [0.3, 0.4) is 0 Å². The Labute approximate surface area is 156 Å². The van der Waals surface area contributed by atoms with Crippen molar-refractivity contribution in [2.75, 3.05) is 26.2 Å². The number of rotatable bonds is 4. The van der Waals surface area contributed by atoms with E-state index in [-0.39, 0.29) is 0 Å². The normalized spacial score (nSPS) is 27.0. The number of aromatic nitrogens is 2. The number of nitrogens with zero attached hydrogens (tertiary/aromatic N) is 3. The molecular weight excluding hydrogens is 320 g/mol. The summed E-state index contributed by atoms with van der Waals surface area (Å²) in [4.78, 5) is 13.1. The summed E-state index contributed by atoms with van der Waals surface area (Å²) in [6.45, 7) is 5.99. The molecule has 0 amide bonds. The van der Waals surface area contributed by atoms with Gasteiger partial charge >= 0.3 is 0 Å². The van der Waals surface area contributed by atoms with Crippen LogP contribution in [-0.2, 0) is 6.54 Å². The van der Waals surface area contributed by atoms with Gasteiger partial charge in [-0.15, -0.1) is 0 Å². The van der Waals surface area contributed by atoms with Gasteiger partial charge in [0.2, 0.25) is 0 Å². The highest BCUT2D eigenvalue weighted by Gasteiger charge is 2.45. The molecule has 1 aromatic carbocycles. The summed E-state index contributed by atoms with van der Waals surface area (Å²) in [6.07, 6.45) is 10.7. The number of imidazole rings is 1. The lowest BCUT2D eigenvalue weighted by atomic mass is 9.68. The number of likely N-dealkylation sites (tertiary alicyclic amines) is 2. The summed E-state index contributed by atoms with van der Waals surface area (Å²) in [5, 5.41) is 0. The molecule has 2 aromatic rings. The number of piperidine rings is 2. The summed E-state index contributed by atoms with van der Waals surface area (Å²) in [7, 11) is 0. The standard InChI is InChI=1S/C22H30N4/c1-2-4-18(5-3-1)19-14-22(17-26(15-19)20-6-7-20)8-12-25(13-9-22)16-21-23-10-11-24-21/h1-5,10-11,19-20H,6-9,12-17H2,(H,23,24)/t19-/m1/s1. The van der Waals surface area contributed by atoms with Crippen LogP contribution < -0.4 is 0 Å². The molecule has 3 aliphatic rings. The number of aromatic amines is 1. The summed E-state index contributed by atoms with van der Waals surface area (Å²) >= 11 is 0. The Morgan fingerprint density at radius 2 is 1.92 bits per heavy atom. The molecule has 1 aromatic heterocycles. The second-order valence-corrected chi connectivity index (χ2v) is 8.78. The van der Waals surface area contributed by atoms with Crippen molar-refractivity contribution in [1.82, 2.24) is 19.8 Å². The van der Waals surface area contributed by atoms with Gasteiger partial charge in [-0.2, -0.15) is 0 Å². The smallest absolute Gasteiger partial charge is 0.120 e. The summed E-state index contributed by atoms with van der Waals surface area (Å²) in [6, 6.07) is 12.1. The minimum absolute atomic E-state index is 0.515. The summed E-state index contributed by atoms with van der Waals surface area (Å²) in [5.74, 6) is 1.81. The van der Waals surface area contributed by atoms with Crippen LogP contribution in [0, 0.1) is 5.41 Å². The van der Waals surface area contributed by atoms with Crippen LogP contribution in [0.1, 0.15) is 49.4 Å². The van der Waals surface area contributed by atoms with Crippen molar-refractivity contribution in [3.8, 4) is 0 Å². The maximum atomic E-state index is 4.40. The van der Waals surface area contributed by atoms with Crippen molar-refractivity contribution in [2.45, 2.75) is 50.6 Å². The van der Waals surface area contributed by atoms with Crippen molar-refractivity contribution >= 4 is 0 Å². The third-order valence-corrected chi connectivity index (χ3v) is 6.85. The molecule has 4 heteroatoms. The van der Waals surface area contributed by atoms with E-state index in [1.54, 1.807) is 5.56 Å². The van der Waals surface area contributed by atoms with E-state index in [9.17, 15) is 0 Å². The fourth-order valence-corrected chi connectivity index (χ4v) is 5.24. The Balaban J connectivity index is 1.29. The van der Waals surface area contributed by atoms with Gasteiger partial charge in [-0.3, -0.25) is 9.80 Å². The highest BCUT2D eigenvalue weighted by molar-refractivity contribution is 5.22. The highest BCUT2D eigenvalue weighted by atomic mass is 15.2. The highest BCUT2D eigenvalue weighted by Crippen LogP contribution is 2.47. The van der Waals surface area contributed by atoms with Crippen LogP contribution in [0.25, 0.3) is 0 Å². The van der Waals surface area contributed by atoms with Crippen LogP contribution >= 0.6 is 0 Å². The fourth-order valence-electron chi connectivity index (χ4n) is 5.24. The molecule has 2 aliphatic heterocycles. The minimum Gasteiger partial charge on any atom is -0.348 e. The molecule has 3 fully saturated rings. The van der Waals surface area contributed by atoms with Gasteiger partial charge in [0.05, 0.1) is 6.54 Å². The molecule has 0 unspecified atom stereocenters. The van der Waals surface area contributed by atoms with Crippen molar-refractivity contribution < 1.29 is 0 Å². The fraction of sp³-hybridized carbons (Fsp3) is 0.591. The Morgan fingerprint density at radius 3 is 2.62 bits per heavy atom. The number of hydrogen-bond acceptors (Lipinski definition) is 3. The van der Waals surface area contributed by atoms with E-state index in [4.69, 9.17) is 0 Å². The Hall–Kier alpha value is -1.65. The molecule has 1 spiro atoms. The molecule has 0 radical (unpaired) electrons. The molecular formula is C22H30N4. The topological polar surface area (TPSA) is 35.2 Å². The summed E-state index contributed by atoms with van der Waals surface area (Å²) in [5.41, 5.74) is 2.07. The van der Waals surface area contributed by atoms with Gasteiger partial charge in [0.15, 0.2) is 0 Å². The molecule has 26 heavy (non-hydrogen) atoms. The van der Waals surface area contributed by atoms with Gasteiger partial charge in [-0.1, -0.05) is 30.3 Å². The molecule has 138 valence electrons. The molecule has 1 aliphatic carbocycles. The predicted molar refractivity (Wildman–Crippen MR) is 104 cm³/mol. The van der Waals surface area contributed by atoms with Crippen LogP contribution in [-0.4, -0.2) is 52.0 Å². The molecule has 1 N–H and O–H groups in total. The van der Waals surface area contributed by atoms with E-state index in [0.29, 0.717) is 11.3 Å². The second-order valence-electron chi connectivity index (χ2n) is 8.78. The third-order valence-electron chi connectivity index (χ3n) is 6.85. The first-order valence-electron chi connectivity index (χ1n) is 10.3. The van der Waals surface area contributed by atoms with E-state index in [0.717, 1.165) is 18.4 Å². The van der Waals surface area contributed by atoms with E-state index in [2.05, 4.69) is 50.1 Å². The van der Waals surface area contributed by atoms with Crippen LogP contribution in [0.15, 0.2) is 42.7 Å². The lowest BCUT2D eigenvalue weighted by Gasteiger charge is -2.50. The lowest BCUT2D eigenvalue weighted by molar-refractivity contribution is 0.00778. The monoisotopic (exact) mass is 350 g/mol. The number of nitrogens with one attached hydrogen (secondary N) is 1. The molecule has 1 saturated carbocycles. The van der Waals surface area contributed by atoms with E-state index < -0.39 is 0 Å². The van der Waals surface area contributed by atoms with Gasteiger partial charge < -0.3 is 4.98 Å². The Kier molecular flexibility index (Phi) is 4.33. The van der Waals surface area contributed by atoms with Crippen LogP contribution in [0.5, 0.6) is 0 Å². The molecule has 1 atom stereocenters. The SMILES string of the molecule is c1ccc([C@H]2CN(C3CC3)CC3(CCN(Cc4ncc[nH]4)CC3)C2)cc1. The molecule has 4 nitrogen and oxygen atoms in total. The molecule has 3 heterocycles. The van der Waals surface area contributed by atoms with Crippen LogP contribution in [0.4, 0.5) is 0 Å². The van der Waals surface area contributed by atoms with Crippen molar-refractivity contribution in [3.05, 3.63) is 54.1 Å². The van der Waals surface area contributed by atoms with Crippen molar-refractivity contribution in [1.29, 1.82) is 0 Å². The minimum atomic E-state index is 0.515. The largest absolute Gasteiger partial charge is 0.348 e. The first-order valence-corrected chi connectivity index (χ1v) is 10.3. The van der Waals surface area contributed by atoms with Gasteiger partial charge in [0.25, 0.3) is 0 Å². The third kappa shape index (κ3) is 3.45. The van der Waals surface area contributed by atoms with Crippen molar-refractivity contribution in [3.63, 3.8) is 0 Å². The number of hydrogen-bond donors (Lipinski definition) is 1. The number of H-pyrrole nitrogens is 1. The quantitative estimate of drug-likeness (QED) is 0.914. The van der Waals surface area contributed by atoms with Gasteiger partial charge in [-0.25, -0.2) is 4.98 Å². The molecule has 5 rings (SSSR count). The Bertz CT molecular complexity index is 699. The predicted octanol–water partition coefficient (Wildman–Crippen LogP) is 3.64. The van der Waals surface area contributed by atoms with Gasteiger partial charge in [-0.05, 0) is 62.1 Å². The molecule has 0 bridgehead atoms. The summed E-state index contributed by atoms with van der Waals surface area (Å²) < 4.78 is 0. The number of benzene rings is 1. The maximum Gasteiger partial charge on any atom is 0.120 e. The first-order chi connectivity index (χ1) is 12.8. The second kappa shape index (κ2) is 6.82. The zero-order valence-corrected chi connectivity index (χ0v) is 15.6. The average Bonchev–Trinajstić information content (AvgIpc) is 3.42. The Morgan fingerprint density at radius 1 is 1.12 bits per heavy atom. The van der Waals surface area contributed by atoms with Crippen LogP contribution in [0.2, 0.25) is 0 Å². The first kappa shape index (κ1) is 16.5. The zero-order chi connectivity index (χ0) is 17.4.